The molecular weight excluding hydrogens is 316 g/mol. The predicted octanol–water partition coefficient (Wildman–Crippen LogP) is 6.49. The smallest absolute Gasteiger partial charge is 0.144 e. The molecule has 25 heavy (non-hydrogen) atoms. The van der Waals surface area contributed by atoms with Crippen molar-refractivity contribution < 1.29 is 8.78 Å². The van der Waals surface area contributed by atoms with Crippen LogP contribution in [0.5, 0.6) is 0 Å². The average molecular weight is 343 g/mol. The Kier molecular flexibility index (Phi) is 5.89. The third-order valence-electron chi connectivity index (χ3n) is 6.48. The van der Waals surface area contributed by atoms with Gasteiger partial charge in [0.05, 0.1) is 0 Å². The van der Waals surface area contributed by atoms with E-state index in [1.165, 1.54) is 37.8 Å². The van der Waals surface area contributed by atoms with E-state index in [9.17, 15) is 8.78 Å². The van der Waals surface area contributed by atoms with Gasteiger partial charge in [-0.15, -0.1) is 6.58 Å². The van der Waals surface area contributed by atoms with Crippen molar-refractivity contribution in [1.82, 2.24) is 0 Å². The molecule has 0 amide bonds. The van der Waals surface area contributed by atoms with E-state index in [0.717, 1.165) is 55.4 Å². The maximum atomic E-state index is 13.9. The minimum atomic E-state index is -0.722. The van der Waals surface area contributed by atoms with E-state index >= 15 is 0 Å². The van der Waals surface area contributed by atoms with Gasteiger partial charge in [0.2, 0.25) is 0 Å². The fourth-order valence-corrected chi connectivity index (χ4v) is 4.99. The van der Waals surface area contributed by atoms with E-state index in [1.807, 2.05) is 6.08 Å². The molecule has 3 heteroatoms. The van der Waals surface area contributed by atoms with Crippen LogP contribution < -0.4 is 0 Å². The zero-order valence-corrected chi connectivity index (χ0v) is 14.8. The van der Waals surface area contributed by atoms with Crippen molar-refractivity contribution in [2.75, 3.05) is 0 Å². The first-order chi connectivity index (χ1) is 12.1. The highest BCUT2D eigenvalue weighted by molar-refractivity contribution is 5.36. The summed E-state index contributed by atoms with van der Waals surface area (Å²) >= 11 is 0. The Bertz CT molecular complexity index is 621. The summed E-state index contributed by atoms with van der Waals surface area (Å²) in [6.07, 6.45) is 12.8. The highest BCUT2D eigenvalue weighted by atomic mass is 19.1. The van der Waals surface area contributed by atoms with Gasteiger partial charge in [-0.3, -0.25) is 0 Å². The number of allylic oxidation sites excluding steroid dienone is 1. The van der Waals surface area contributed by atoms with Crippen molar-refractivity contribution >= 4 is 0 Å². The van der Waals surface area contributed by atoms with Crippen molar-refractivity contribution in [3.63, 3.8) is 0 Å². The zero-order valence-electron chi connectivity index (χ0n) is 14.8. The Labute approximate surface area is 149 Å². The number of nitrogens with zero attached hydrogens (tertiary/aromatic N) is 1. The topological polar surface area (TPSA) is 23.8 Å². The maximum Gasteiger partial charge on any atom is 0.144 e. The second-order valence-corrected chi connectivity index (χ2v) is 7.89. The number of nitriles is 1. The number of benzene rings is 1. The molecule has 0 aliphatic heterocycles. The second kappa shape index (κ2) is 8.13. The van der Waals surface area contributed by atoms with Crippen molar-refractivity contribution in [1.29, 1.82) is 5.26 Å². The standard InChI is InChI=1S/C22H27F2N/c1-2-3-15-4-6-16(7-5-15)17-8-10-18(11-9-17)19-12-21(23)20(14-25)22(24)13-19/h2,12-13,15-18H,1,3-11H2/t15-,16-,17-,18-. The van der Waals surface area contributed by atoms with Crippen LogP contribution in [0.2, 0.25) is 0 Å². The molecule has 0 heterocycles. The quantitative estimate of drug-likeness (QED) is 0.573. The lowest BCUT2D eigenvalue weighted by atomic mass is 9.68. The number of hydrogen-bond acceptors (Lipinski definition) is 1. The van der Waals surface area contributed by atoms with Crippen LogP contribution in [0.15, 0.2) is 24.8 Å². The molecule has 1 aromatic carbocycles. The van der Waals surface area contributed by atoms with E-state index in [4.69, 9.17) is 5.26 Å². The molecule has 0 atom stereocenters. The summed E-state index contributed by atoms with van der Waals surface area (Å²) in [5, 5.41) is 8.80. The van der Waals surface area contributed by atoms with Crippen LogP contribution in [-0.2, 0) is 0 Å². The monoisotopic (exact) mass is 343 g/mol. The largest absolute Gasteiger partial charge is 0.205 e. The summed E-state index contributed by atoms with van der Waals surface area (Å²) in [4.78, 5) is 0. The molecule has 2 aliphatic carbocycles. The Hall–Kier alpha value is -1.69. The summed E-state index contributed by atoms with van der Waals surface area (Å²) in [6, 6.07) is 4.34. The molecule has 0 spiro atoms. The van der Waals surface area contributed by atoms with Crippen molar-refractivity contribution in [3.8, 4) is 6.07 Å². The Balaban J connectivity index is 1.56. The molecule has 134 valence electrons. The first-order valence-electron chi connectivity index (χ1n) is 9.62. The molecule has 1 aromatic rings. The molecule has 0 radical (unpaired) electrons. The lowest BCUT2D eigenvalue weighted by Crippen LogP contribution is -2.25. The average Bonchev–Trinajstić information content (AvgIpc) is 2.62. The Morgan fingerprint density at radius 1 is 0.960 bits per heavy atom. The second-order valence-electron chi connectivity index (χ2n) is 7.89. The van der Waals surface area contributed by atoms with Gasteiger partial charge in [-0.1, -0.05) is 6.08 Å². The van der Waals surface area contributed by atoms with Crippen LogP contribution in [0.4, 0.5) is 8.78 Å². The highest BCUT2D eigenvalue weighted by Crippen LogP contribution is 2.44. The van der Waals surface area contributed by atoms with E-state index in [-0.39, 0.29) is 5.92 Å². The van der Waals surface area contributed by atoms with Gasteiger partial charge in [-0.2, -0.15) is 5.26 Å². The van der Waals surface area contributed by atoms with Crippen LogP contribution >= 0.6 is 0 Å². The number of halogens is 2. The molecule has 0 aromatic heterocycles. The molecule has 3 rings (SSSR count). The van der Waals surface area contributed by atoms with Gasteiger partial charge in [-0.25, -0.2) is 8.78 Å². The lowest BCUT2D eigenvalue weighted by molar-refractivity contribution is 0.160. The fraction of sp³-hybridized carbons (Fsp3) is 0.591. The minimum Gasteiger partial charge on any atom is -0.205 e. The van der Waals surface area contributed by atoms with Crippen molar-refractivity contribution in [2.45, 2.75) is 63.7 Å². The van der Waals surface area contributed by atoms with Gasteiger partial charge in [0.15, 0.2) is 0 Å². The Morgan fingerprint density at radius 3 is 1.96 bits per heavy atom. The van der Waals surface area contributed by atoms with Gasteiger partial charge >= 0.3 is 0 Å². The Morgan fingerprint density at radius 2 is 1.48 bits per heavy atom. The van der Waals surface area contributed by atoms with Crippen LogP contribution in [0.3, 0.4) is 0 Å². The van der Waals surface area contributed by atoms with Gasteiger partial charge in [0.25, 0.3) is 0 Å². The molecule has 0 unspecified atom stereocenters. The third kappa shape index (κ3) is 4.11. The van der Waals surface area contributed by atoms with Crippen LogP contribution in [0.1, 0.15) is 74.8 Å². The minimum absolute atomic E-state index is 0.227. The first-order valence-corrected chi connectivity index (χ1v) is 9.62. The van der Waals surface area contributed by atoms with E-state index in [1.54, 1.807) is 6.07 Å². The summed E-state index contributed by atoms with van der Waals surface area (Å²) in [7, 11) is 0. The number of rotatable bonds is 4. The van der Waals surface area contributed by atoms with Crippen LogP contribution in [0, 0.1) is 40.7 Å². The molecule has 0 N–H and O–H groups in total. The summed E-state index contributed by atoms with van der Waals surface area (Å²) < 4.78 is 27.7. The third-order valence-corrected chi connectivity index (χ3v) is 6.48. The van der Waals surface area contributed by atoms with Crippen LogP contribution in [-0.4, -0.2) is 0 Å². The fourth-order valence-electron chi connectivity index (χ4n) is 4.99. The van der Waals surface area contributed by atoms with Crippen LogP contribution in [0.25, 0.3) is 0 Å². The van der Waals surface area contributed by atoms with Gasteiger partial charge in [0.1, 0.15) is 23.3 Å². The molecule has 2 aliphatic rings. The summed E-state index contributed by atoms with van der Waals surface area (Å²) in [5.74, 6) is 1.21. The predicted molar refractivity (Wildman–Crippen MR) is 96.0 cm³/mol. The lowest BCUT2D eigenvalue weighted by Gasteiger charge is -2.38. The van der Waals surface area contributed by atoms with E-state index < -0.39 is 17.2 Å². The summed E-state index contributed by atoms with van der Waals surface area (Å²) in [6.45, 7) is 3.85. The normalized spacial score (nSPS) is 29.8. The zero-order chi connectivity index (χ0) is 17.8. The van der Waals surface area contributed by atoms with Gasteiger partial charge < -0.3 is 0 Å². The molecule has 0 saturated heterocycles. The molecule has 1 nitrogen and oxygen atoms in total. The molecule has 2 fully saturated rings. The van der Waals surface area contributed by atoms with Crippen molar-refractivity contribution in [2.24, 2.45) is 17.8 Å². The van der Waals surface area contributed by atoms with Gasteiger partial charge in [-0.05, 0) is 99.2 Å². The number of hydrogen-bond donors (Lipinski definition) is 0. The van der Waals surface area contributed by atoms with E-state index in [0.29, 0.717) is 0 Å². The molecular formula is C22H27F2N. The molecule has 0 bridgehead atoms. The first kappa shape index (κ1) is 18.1. The SMILES string of the molecule is C=CC[C@H]1CC[C@H]([C@H]2CC[C@H](c3cc(F)c(C#N)c(F)c3)CC2)CC1. The maximum absolute atomic E-state index is 13.9. The molecule has 2 saturated carbocycles. The van der Waals surface area contributed by atoms with E-state index in [2.05, 4.69) is 6.58 Å². The highest BCUT2D eigenvalue weighted by Gasteiger charge is 2.31. The van der Waals surface area contributed by atoms with Gasteiger partial charge in [0, 0.05) is 0 Å². The van der Waals surface area contributed by atoms with Crippen molar-refractivity contribution in [3.05, 3.63) is 47.5 Å². The summed E-state index contributed by atoms with van der Waals surface area (Å²) in [5.41, 5.74) is 0.260.